The van der Waals surface area contributed by atoms with E-state index in [1.54, 1.807) is 4.52 Å². The second kappa shape index (κ2) is 5.49. The average Bonchev–Trinajstić information content (AvgIpc) is 2.81. The predicted octanol–water partition coefficient (Wildman–Crippen LogP) is 1.52. The fourth-order valence-electron chi connectivity index (χ4n) is 1.75. The topological polar surface area (TPSA) is 75.3 Å². The van der Waals surface area contributed by atoms with Gasteiger partial charge in [0.05, 0.1) is 6.61 Å². The van der Waals surface area contributed by atoms with Gasteiger partial charge in [-0.25, -0.2) is 0 Å². The van der Waals surface area contributed by atoms with E-state index in [0.29, 0.717) is 10.9 Å². The standard InChI is InChI=1S/C11H16ClN5O/c1-3-4-8-9(12)16-11-13-6-14-17(11)10(8)15-7(2)5-18/h6-7,15,18H,3-5H2,1-2H3. The summed E-state index contributed by atoms with van der Waals surface area (Å²) in [5.74, 6) is 1.21. The molecule has 0 saturated heterocycles. The van der Waals surface area contributed by atoms with Crippen LogP contribution in [0.2, 0.25) is 5.15 Å². The molecule has 1 unspecified atom stereocenters. The lowest BCUT2D eigenvalue weighted by atomic mass is 10.2. The largest absolute Gasteiger partial charge is 0.394 e. The highest BCUT2D eigenvalue weighted by molar-refractivity contribution is 6.30. The van der Waals surface area contributed by atoms with E-state index in [4.69, 9.17) is 16.7 Å². The first kappa shape index (κ1) is 13.0. The quantitative estimate of drug-likeness (QED) is 0.805. The summed E-state index contributed by atoms with van der Waals surface area (Å²) < 4.78 is 1.61. The monoisotopic (exact) mass is 269 g/mol. The van der Waals surface area contributed by atoms with Crippen LogP contribution in [0, 0.1) is 0 Å². The summed E-state index contributed by atoms with van der Waals surface area (Å²) in [6, 6.07) is -0.0912. The summed E-state index contributed by atoms with van der Waals surface area (Å²) in [5.41, 5.74) is 0.900. The fraction of sp³-hybridized carbons (Fsp3) is 0.545. The molecule has 2 aromatic heterocycles. The highest BCUT2D eigenvalue weighted by Crippen LogP contribution is 2.25. The van der Waals surface area contributed by atoms with Gasteiger partial charge in [0.2, 0.25) is 0 Å². The molecule has 0 aliphatic rings. The molecule has 0 amide bonds. The summed E-state index contributed by atoms with van der Waals surface area (Å²) in [4.78, 5) is 8.23. The van der Waals surface area contributed by atoms with Gasteiger partial charge in [-0.05, 0) is 13.3 Å². The minimum atomic E-state index is -0.0912. The van der Waals surface area contributed by atoms with Crippen molar-refractivity contribution in [2.45, 2.75) is 32.7 Å². The first-order valence-electron chi connectivity index (χ1n) is 5.92. The van der Waals surface area contributed by atoms with Gasteiger partial charge < -0.3 is 10.4 Å². The van der Waals surface area contributed by atoms with Crippen LogP contribution in [0.1, 0.15) is 25.8 Å². The molecule has 6 nitrogen and oxygen atoms in total. The Kier molecular flexibility index (Phi) is 3.98. The van der Waals surface area contributed by atoms with E-state index < -0.39 is 0 Å². The van der Waals surface area contributed by atoms with E-state index >= 15 is 0 Å². The second-order valence-corrected chi connectivity index (χ2v) is 4.54. The van der Waals surface area contributed by atoms with Gasteiger partial charge in [-0.15, -0.1) is 0 Å². The third-order valence-corrected chi connectivity index (χ3v) is 2.94. The van der Waals surface area contributed by atoms with Crippen molar-refractivity contribution < 1.29 is 5.11 Å². The number of aliphatic hydroxyl groups is 1. The smallest absolute Gasteiger partial charge is 0.255 e. The summed E-state index contributed by atoms with van der Waals surface area (Å²) >= 11 is 6.18. The number of hydrogen-bond donors (Lipinski definition) is 2. The molecule has 0 aromatic carbocycles. The van der Waals surface area contributed by atoms with Crippen molar-refractivity contribution >= 4 is 23.2 Å². The maximum absolute atomic E-state index is 9.15. The van der Waals surface area contributed by atoms with Gasteiger partial charge in [0.15, 0.2) is 0 Å². The number of rotatable bonds is 5. The number of aromatic nitrogens is 4. The molecule has 0 radical (unpaired) electrons. The fourth-order valence-corrected chi connectivity index (χ4v) is 2.01. The van der Waals surface area contributed by atoms with Crippen LogP contribution in [0.4, 0.5) is 5.82 Å². The van der Waals surface area contributed by atoms with Crippen molar-refractivity contribution in [1.29, 1.82) is 0 Å². The van der Waals surface area contributed by atoms with Gasteiger partial charge in [-0.1, -0.05) is 24.9 Å². The van der Waals surface area contributed by atoms with Crippen LogP contribution in [0.25, 0.3) is 5.78 Å². The predicted molar refractivity (Wildman–Crippen MR) is 70.0 cm³/mol. The van der Waals surface area contributed by atoms with Crippen LogP contribution < -0.4 is 5.32 Å². The molecule has 2 heterocycles. The molecule has 2 N–H and O–H groups in total. The van der Waals surface area contributed by atoms with E-state index in [1.165, 1.54) is 6.33 Å². The number of nitrogens with zero attached hydrogens (tertiary/aromatic N) is 4. The normalized spacial score (nSPS) is 12.9. The molecule has 0 saturated carbocycles. The lowest BCUT2D eigenvalue weighted by Crippen LogP contribution is -2.23. The molecule has 2 rings (SSSR count). The number of anilines is 1. The van der Waals surface area contributed by atoms with Crippen LogP contribution >= 0.6 is 11.6 Å². The van der Waals surface area contributed by atoms with E-state index in [9.17, 15) is 0 Å². The summed E-state index contributed by atoms with van der Waals surface area (Å²) in [5, 5.41) is 16.9. The zero-order chi connectivity index (χ0) is 13.1. The van der Waals surface area contributed by atoms with Crippen LogP contribution in [-0.2, 0) is 6.42 Å². The van der Waals surface area contributed by atoms with Gasteiger partial charge in [0.1, 0.15) is 17.3 Å². The maximum Gasteiger partial charge on any atom is 0.255 e. The minimum absolute atomic E-state index is 0.0295. The third-order valence-electron chi connectivity index (χ3n) is 2.63. The Morgan fingerprint density at radius 1 is 1.56 bits per heavy atom. The van der Waals surface area contributed by atoms with Crippen LogP contribution in [0.5, 0.6) is 0 Å². The highest BCUT2D eigenvalue weighted by atomic mass is 35.5. The van der Waals surface area contributed by atoms with Crippen LogP contribution in [0.15, 0.2) is 6.33 Å². The van der Waals surface area contributed by atoms with Crippen molar-refractivity contribution in [2.75, 3.05) is 11.9 Å². The molecule has 7 heteroatoms. The number of nitrogens with one attached hydrogen (secondary N) is 1. The molecule has 0 spiro atoms. The minimum Gasteiger partial charge on any atom is -0.394 e. The molecular formula is C11H16ClN5O. The van der Waals surface area contributed by atoms with Crippen molar-refractivity contribution in [1.82, 2.24) is 19.6 Å². The van der Waals surface area contributed by atoms with Crippen LogP contribution in [-0.4, -0.2) is 37.3 Å². The van der Waals surface area contributed by atoms with Gasteiger partial charge in [0, 0.05) is 11.6 Å². The van der Waals surface area contributed by atoms with Gasteiger partial charge >= 0.3 is 0 Å². The molecule has 98 valence electrons. The number of halogens is 1. The Hall–Kier alpha value is -1.40. The highest BCUT2D eigenvalue weighted by Gasteiger charge is 2.16. The average molecular weight is 270 g/mol. The molecule has 0 bridgehead atoms. The van der Waals surface area contributed by atoms with Gasteiger partial charge in [-0.3, -0.25) is 0 Å². The molecule has 2 aromatic rings. The third kappa shape index (κ3) is 2.39. The molecular weight excluding hydrogens is 254 g/mol. The number of fused-ring (bicyclic) bond motifs is 1. The van der Waals surface area contributed by atoms with E-state index in [2.05, 4.69) is 27.3 Å². The second-order valence-electron chi connectivity index (χ2n) is 4.18. The van der Waals surface area contributed by atoms with Crippen molar-refractivity contribution in [3.05, 3.63) is 17.0 Å². The van der Waals surface area contributed by atoms with Crippen molar-refractivity contribution in [3.8, 4) is 0 Å². The van der Waals surface area contributed by atoms with E-state index in [0.717, 1.165) is 24.2 Å². The summed E-state index contributed by atoms with van der Waals surface area (Å²) in [7, 11) is 0. The van der Waals surface area contributed by atoms with Gasteiger partial charge in [0.25, 0.3) is 5.78 Å². The summed E-state index contributed by atoms with van der Waals surface area (Å²) in [6.07, 6.45) is 3.18. The van der Waals surface area contributed by atoms with Crippen molar-refractivity contribution in [3.63, 3.8) is 0 Å². The SMILES string of the molecule is CCCc1c(Cl)nc2ncnn2c1NC(C)CO. The van der Waals surface area contributed by atoms with E-state index in [1.807, 2.05) is 6.92 Å². The molecule has 0 aliphatic carbocycles. The zero-order valence-corrected chi connectivity index (χ0v) is 11.1. The molecule has 18 heavy (non-hydrogen) atoms. The first-order valence-corrected chi connectivity index (χ1v) is 6.30. The van der Waals surface area contributed by atoms with Gasteiger partial charge in [-0.2, -0.15) is 19.6 Å². The molecule has 0 fully saturated rings. The lowest BCUT2D eigenvalue weighted by Gasteiger charge is -2.17. The maximum atomic E-state index is 9.15. The summed E-state index contributed by atoms with van der Waals surface area (Å²) in [6.45, 7) is 3.98. The van der Waals surface area contributed by atoms with Crippen LogP contribution in [0.3, 0.4) is 0 Å². The molecule has 1 atom stereocenters. The van der Waals surface area contributed by atoms with Crippen molar-refractivity contribution in [2.24, 2.45) is 0 Å². The number of hydrogen-bond acceptors (Lipinski definition) is 5. The zero-order valence-electron chi connectivity index (χ0n) is 10.4. The Morgan fingerprint density at radius 3 is 3.00 bits per heavy atom. The Bertz CT molecular complexity index is 541. The van der Waals surface area contributed by atoms with E-state index in [-0.39, 0.29) is 12.6 Å². The Labute approximate surface area is 110 Å². The first-order chi connectivity index (χ1) is 8.67. The molecule has 0 aliphatic heterocycles. The Morgan fingerprint density at radius 2 is 2.33 bits per heavy atom. The lowest BCUT2D eigenvalue weighted by molar-refractivity contribution is 0.281. The Balaban J connectivity index is 2.55. The number of aliphatic hydroxyl groups excluding tert-OH is 1.